The first kappa shape index (κ1) is 22.9. The monoisotopic (exact) mass is 480 g/mol. The Morgan fingerprint density at radius 2 is 1.97 bits per heavy atom. The van der Waals surface area contributed by atoms with Crippen LogP contribution in [0.2, 0.25) is 10.0 Å². The molecule has 8 nitrogen and oxygen atoms in total. The van der Waals surface area contributed by atoms with Crippen LogP contribution < -0.4 is 20.8 Å². The lowest BCUT2D eigenvalue weighted by Crippen LogP contribution is -2.42. The van der Waals surface area contributed by atoms with Gasteiger partial charge in [-0.1, -0.05) is 35.0 Å². The van der Waals surface area contributed by atoms with Gasteiger partial charge in [-0.25, -0.2) is 5.43 Å². The normalized spacial score (nSPS) is 17.1. The molecule has 0 spiro atoms. The van der Waals surface area contributed by atoms with Crippen LogP contribution in [0.5, 0.6) is 5.75 Å². The molecule has 0 bridgehead atoms. The summed E-state index contributed by atoms with van der Waals surface area (Å²) >= 11 is 12.9. The Morgan fingerprint density at radius 1 is 1.23 bits per heavy atom. The third-order valence-electron chi connectivity index (χ3n) is 4.03. The third kappa shape index (κ3) is 6.36. The van der Waals surface area contributed by atoms with Crippen LogP contribution in [-0.2, 0) is 9.59 Å². The highest BCUT2D eigenvalue weighted by atomic mass is 35.5. The number of anilines is 1. The minimum absolute atomic E-state index is 0.0243. The van der Waals surface area contributed by atoms with Crippen molar-refractivity contribution in [1.29, 1.82) is 0 Å². The second kappa shape index (κ2) is 10.5. The van der Waals surface area contributed by atoms with Gasteiger partial charge in [0, 0.05) is 17.1 Å². The number of carbonyl (C=O) groups is 3. The van der Waals surface area contributed by atoms with E-state index in [9.17, 15) is 14.4 Å². The SMILES string of the molecule is CCOc1ccc(NC(=O)[C@H]2CC(=O)N/C(=N\NC(=O)c3ccc(Cl)cc3Cl)S2)cc1. The van der Waals surface area contributed by atoms with Crippen molar-refractivity contribution in [3.63, 3.8) is 0 Å². The molecule has 11 heteroatoms. The zero-order valence-corrected chi connectivity index (χ0v) is 18.6. The summed E-state index contributed by atoms with van der Waals surface area (Å²) in [5, 5.41) is 9.13. The van der Waals surface area contributed by atoms with E-state index in [1.807, 2.05) is 6.92 Å². The summed E-state index contributed by atoms with van der Waals surface area (Å²) in [5.41, 5.74) is 3.06. The summed E-state index contributed by atoms with van der Waals surface area (Å²) in [7, 11) is 0. The molecule has 1 aliphatic heterocycles. The molecule has 0 radical (unpaired) electrons. The molecular weight excluding hydrogens is 463 g/mol. The van der Waals surface area contributed by atoms with Crippen LogP contribution >= 0.6 is 35.0 Å². The van der Waals surface area contributed by atoms with Crippen LogP contribution in [0.3, 0.4) is 0 Å². The van der Waals surface area contributed by atoms with Gasteiger partial charge in [0.25, 0.3) is 5.91 Å². The first-order valence-corrected chi connectivity index (χ1v) is 10.8. The predicted molar refractivity (Wildman–Crippen MR) is 122 cm³/mol. The molecule has 31 heavy (non-hydrogen) atoms. The Morgan fingerprint density at radius 3 is 2.65 bits per heavy atom. The molecule has 2 aromatic rings. The van der Waals surface area contributed by atoms with Gasteiger partial charge in [0.15, 0.2) is 5.17 Å². The smallest absolute Gasteiger partial charge is 0.272 e. The van der Waals surface area contributed by atoms with Gasteiger partial charge in [0.05, 0.1) is 17.2 Å². The van der Waals surface area contributed by atoms with Crippen LogP contribution in [-0.4, -0.2) is 34.7 Å². The second-order valence-corrected chi connectivity index (χ2v) is 8.32. The summed E-state index contributed by atoms with van der Waals surface area (Å²) < 4.78 is 5.37. The lowest BCUT2D eigenvalue weighted by molar-refractivity contribution is -0.123. The number of rotatable bonds is 6. The molecule has 1 fully saturated rings. The maximum absolute atomic E-state index is 12.6. The quantitative estimate of drug-likeness (QED) is 0.546. The fourth-order valence-corrected chi connectivity index (χ4v) is 4.04. The van der Waals surface area contributed by atoms with E-state index >= 15 is 0 Å². The largest absolute Gasteiger partial charge is 0.494 e. The average molecular weight is 481 g/mol. The Labute approximate surface area is 192 Å². The molecule has 1 aliphatic rings. The Kier molecular flexibility index (Phi) is 7.78. The maximum Gasteiger partial charge on any atom is 0.272 e. The second-order valence-electron chi connectivity index (χ2n) is 6.29. The van der Waals surface area contributed by atoms with Gasteiger partial charge in [-0.15, -0.1) is 5.10 Å². The Balaban J connectivity index is 1.62. The van der Waals surface area contributed by atoms with Crippen LogP contribution in [0.4, 0.5) is 5.69 Å². The van der Waals surface area contributed by atoms with Gasteiger partial charge in [0.2, 0.25) is 11.8 Å². The average Bonchev–Trinajstić information content (AvgIpc) is 2.73. The van der Waals surface area contributed by atoms with Crippen molar-refractivity contribution in [3.05, 3.63) is 58.1 Å². The fraction of sp³-hybridized carbons (Fsp3) is 0.200. The van der Waals surface area contributed by atoms with Gasteiger partial charge in [0.1, 0.15) is 11.0 Å². The molecule has 3 rings (SSSR count). The van der Waals surface area contributed by atoms with Gasteiger partial charge >= 0.3 is 0 Å². The molecule has 3 amide bonds. The molecule has 0 saturated carbocycles. The van der Waals surface area contributed by atoms with Crippen molar-refractivity contribution in [2.45, 2.75) is 18.6 Å². The highest BCUT2D eigenvalue weighted by Gasteiger charge is 2.30. The first-order chi connectivity index (χ1) is 14.9. The van der Waals surface area contributed by atoms with E-state index in [0.29, 0.717) is 23.1 Å². The maximum atomic E-state index is 12.6. The topological polar surface area (TPSA) is 109 Å². The number of hydrogen-bond donors (Lipinski definition) is 3. The summed E-state index contributed by atoms with van der Waals surface area (Å²) in [6, 6.07) is 11.3. The van der Waals surface area contributed by atoms with E-state index in [4.69, 9.17) is 27.9 Å². The van der Waals surface area contributed by atoms with E-state index in [0.717, 1.165) is 11.8 Å². The van der Waals surface area contributed by atoms with Crippen LogP contribution in [0, 0.1) is 0 Å². The first-order valence-electron chi connectivity index (χ1n) is 9.19. The number of carbonyl (C=O) groups excluding carboxylic acids is 3. The molecule has 3 N–H and O–H groups in total. The summed E-state index contributed by atoms with van der Waals surface area (Å²) in [5.74, 6) is -0.630. The molecule has 0 unspecified atom stereocenters. The number of ether oxygens (including phenoxy) is 1. The zero-order valence-electron chi connectivity index (χ0n) is 16.3. The lowest BCUT2D eigenvalue weighted by Gasteiger charge is -2.22. The number of hydrogen-bond acceptors (Lipinski definition) is 6. The predicted octanol–water partition coefficient (Wildman–Crippen LogP) is 3.65. The molecule has 1 heterocycles. The molecule has 1 saturated heterocycles. The summed E-state index contributed by atoms with van der Waals surface area (Å²) in [6.45, 7) is 2.43. The molecule has 1 atom stereocenters. The minimum Gasteiger partial charge on any atom is -0.494 e. The summed E-state index contributed by atoms with van der Waals surface area (Å²) in [4.78, 5) is 36.9. The standard InChI is InChI=1S/C20H18Cl2N4O4S/c1-2-30-13-6-4-12(5-7-13)23-19(29)16-10-17(27)24-20(31-16)26-25-18(28)14-8-3-11(21)9-15(14)22/h3-9,16H,2,10H2,1H3,(H,23,29)(H,25,28)(H,24,26,27)/t16-/m1/s1. The van der Waals surface area contributed by atoms with E-state index in [1.165, 1.54) is 18.2 Å². The molecule has 2 aromatic carbocycles. The highest BCUT2D eigenvalue weighted by Crippen LogP contribution is 2.24. The van der Waals surface area contributed by atoms with Gasteiger partial charge in [-0.3, -0.25) is 14.4 Å². The number of nitrogens with zero attached hydrogens (tertiary/aromatic N) is 1. The number of nitrogens with one attached hydrogen (secondary N) is 3. The number of amidine groups is 1. The van der Waals surface area contributed by atoms with E-state index in [-0.39, 0.29) is 34.0 Å². The van der Waals surface area contributed by atoms with Gasteiger partial charge in [-0.05, 0) is 49.4 Å². The van der Waals surface area contributed by atoms with Crippen LogP contribution in [0.15, 0.2) is 47.6 Å². The molecule has 0 aliphatic carbocycles. The minimum atomic E-state index is -0.713. The molecule has 0 aromatic heterocycles. The van der Waals surface area contributed by atoms with Crippen molar-refractivity contribution in [3.8, 4) is 5.75 Å². The highest BCUT2D eigenvalue weighted by molar-refractivity contribution is 8.15. The number of benzene rings is 2. The third-order valence-corrected chi connectivity index (χ3v) is 5.66. The Bertz CT molecular complexity index is 1030. The van der Waals surface area contributed by atoms with Gasteiger partial charge < -0.3 is 15.4 Å². The molecule has 162 valence electrons. The Hall–Kier alpha value is -2.75. The van der Waals surface area contributed by atoms with Crippen molar-refractivity contribution >= 4 is 63.5 Å². The number of thioether (sulfide) groups is 1. The van der Waals surface area contributed by atoms with Gasteiger partial charge in [-0.2, -0.15) is 0 Å². The fourth-order valence-electron chi connectivity index (χ4n) is 2.60. The van der Waals surface area contributed by atoms with Crippen LogP contribution in [0.25, 0.3) is 0 Å². The lowest BCUT2D eigenvalue weighted by atomic mass is 10.2. The van der Waals surface area contributed by atoms with Crippen molar-refractivity contribution < 1.29 is 19.1 Å². The van der Waals surface area contributed by atoms with Crippen LogP contribution in [0.1, 0.15) is 23.7 Å². The van der Waals surface area contributed by atoms with Crippen molar-refractivity contribution in [1.82, 2.24) is 10.7 Å². The number of hydrazone groups is 1. The summed E-state index contributed by atoms with van der Waals surface area (Å²) in [6.07, 6.45) is -0.0243. The van der Waals surface area contributed by atoms with E-state index in [1.54, 1.807) is 24.3 Å². The van der Waals surface area contributed by atoms with Crippen molar-refractivity contribution in [2.24, 2.45) is 5.10 Å². The van der Waals surface area contributed by atoms with Crippen molar-refractivity contribution in [2.75, 3.05) is 11.9 Å². The van der Waals surface area contributed by atoms with E-state index in [2.05, 4.69) is 21.2 Å². The molecular formula is C20H18Cl2N4O4S. The zero-order chi connectivity index (χ0) is 22.4. The number of amides is 3. The number of halogens is 2. The van der Waals surface area contributed by atoms with E-state index < -0.39 is 11.2 Å².